The fourth-order valence-corrected chi connectivity index (χ4v) is 3.47. The van der Waals surface area contributed by atoms with E-state index in [1.165, 1.54) is 0 Å². The van der Waals surface area contributed by atoms with Gasteiger partial charge in [0.2, 0.25) is 5.91 Å². The lowest BCUT2D eigenvalue weighted by atomic mass is 9.69. The van der Waals surface area contributed by atoms with Gasteiger partial charge in [-0.2, -0.15) is 0 Å². The molecule has 2 N–H and O–H groups in total. The van der Waals surface area contributed by atoms with Crippen molar-refractivity contribution in [3.05, 3.63) is 0 Å². The van der Waals surface area contributed by atoms with Crippen LogP contribution in [0.3, 0.4) is 0 Å². The van der Waals surface area contributed by atoms with Crippen LogP contribution in [0.2, 0.25) is 0 Å². The Morgan fingerprint density at radius 3 is 2.57 bits per heavy atom. The van der Waals surface area contributed by atoms with E-state index in [2.05, 4.69) is 19.2 Å². The molecule has 0 aromatic heterocycles. The number of aliphatic hydroxyl groups is 1. The average molecular weight is 197 g/mol. The minimum absolute atomic E-state index is 0.0260. The van der Waals surface area contributed by atoms with Crippen molar-refractivity contribution in [3.8, 4) is 0 Å². The molecule has 80 valence electrons. The first-order valence-corrected chi connectivity index (χ1v) is 5.35. The van der Waals surface area contributed by atoms with Gasteiger partial charge in [-0.15, -0.1) is 0 Å². The van der Waals surface area contributed by atoms with Gasteiger partial charge in [0, 0.05) is 7.05 Å². The smallest absolute Gasteiger partial charge is 0.228 e. The molecule has 2 rings (SSSR count). The summed E-state index contributed by atoms with van der Waals surface area (Å²) in [5.74, 6) is 0.535. The van der Waals surface area contributed by atoms with E-state index < -0.39 is 11.5 Å². The van der Waals surface area contributed by atoms with Crippen molar-refractivity contribution in [1.29, 1.82) is 0 Å². The predicted octanol–water partition coefficient (Wildman–Crippen LogP) is 0.920. The van der Waals surface area contributed by atoms with Crippen molar-refractivity contribution in [2.45, 2.75) is 39.2 Å². The van der Waals surface area contributed by atoms with E-state index in [1.54, 1.807) is 7.05 Å². The lowest BCUT2D eigenvalue weighted by Gasteiger charge is -2.39. The van der Waals surface area contributed by atoms with E-state index in [4.69, 9.17) is 0 Å². The summed E-state index contributed by atoms with van der Waals surface area (Å²) in [6, 6.07) is 0. The molecule has 2 aliphatic carbocycles. The maximum absolute atomic E-state index is 11.8. The zero-order chi connectivity index (χ0) is 10.6. The first-order chi connectivity index (χ1) is 6.45. The summed E-state index contributed by atoms with van der Waals surface area (Å²) < 4.78 is 0. The summed E-state index contributed by atoms with van der Waals surface area (Å²) in [5.41, 5.74) is -0.576. The second-order valence-electron chi connectivity index (χ2n) is 5.40. The maximum Gasteiger partial charge on any atom is 0.228 e. The van der Waals surface area contributed by atoms with Crippen LogP contribution >= 0.6 is 0 Å². The molecule has 0 aromatic carbocycles. The Kier molecular flexibility index (Phi) is 1.94. The van der Waals surface area contributed by atoms with Crippen LogP contribution in [0.4, 0.5) is 0 Å². The van der Waals surface area contributed by atoms with Crippen molar-refractivity contribution in [3.63, 3.8) is 0 Å². The van der Waals surface area contributed by atoms with Crippen LogP contribution in [0, 0.1) is 16.7 Å². The van der Waals surface area contributed by atoms with E-state index in [0.717, 1.165) is 19.3 Å². The Labute approximate surface area is 84.9 Å². The molecule has 0 radical (unpaired) electrons. The number of rotatable bonds is 1. The normalized spacial score (nSPS) is 44.0. The molecule has 0 heterocycles. The average Bonchev–Trinajstić information content (AvgIpc) is 2.66. The quantitative estimate of drug-likeness (QED) is 0.656. The van der Waals surface area contributed by atoms with Gasteiger partial charge in [-0.25, -0.2) is 0 Å². The fourth-order valence-electron chi connectivity index (χ4n) is 3.47. The van der Waals surface area contributed by atoms with E-state index in [-0.39, 0.29) is 11.3 Å². The lowest BCUT2D eigenvalue weighted by molar-refractivity contribution is -0.140. The third kappa shape index (κ3) is 0.937. The number of hydrogen-bond donors (Lipinski definition) is 2. The Bertz CT molecular complexity index is 274. The molecule has 3 heteroatoms. The van der Waals surface area contributed by atoms with Crippen LogP contribution in [-0.2, 0) is 4.79 Å². The first-order valence-electron chi connectivity index (χ1n) is 5.35. The molecule has 2 saturated carbocycles. The summed E-state index contributed by atoms with van der Waals surface area (Å²) in [6.07, 6.45) is 2.31. The molecule has 3 unspecified atom stereocenters. The molecular formula is C11H19NO2. The second kappa shape index (κ2) is 2.72. The van der Waals surface area contributed by atoms with Crippen molar-refractivity contribution >= 4 is 5.91 Å². The van der Waals surface area contributed by atoms with Crippen molar-refractivity contribution in [1.82, 2.24) is 5.32 Å². The molecule has 0 aliphatic heterocycles. The third-order valence-corrected chi connectivity index (χ3v) is 4.51. The lowest BCUT2D eigenvalue weighted by Crippen LogP contribution is -2.49. The van der Waals surface area contributed by atoms with Gasteiger partial charge in [0.1, 0.15) is 0 Å². The Hall–Kier alpha value is -0.570. The van der Waals surface area contributed by atoms with Crippen molar-refractivity contribution < 1.29 is 9.90 Å². The van der Waals surface area contributed by atoms with Crippen LogP contribution in [0.1, 0.15) is 33.1 Å². The molecule has 2 bridgehead atoms. The first kappa shape index (κ1) is 9.97. The molecule has 3 atom stereocenters. The molecule has 0 saturated heterocycles. The Morgan fingerprint density at radius 1 is 1.50 bits per heavy atom. The van der Waals surface area contributed by atoms with Gasteiger partial charge >= 0.3 is 0 Å². The molecule has 14 heavy (non-hydrogen) atoms. The zero-order valence-electron chi connectivity index (χ0n) is 9.13. The second-order valence-corrected chi connectivity index (χ2v) is 5.40. The van der Waals surface area contributed by atoms with E-state index >= 15 is 0 Å². The van der Waals surface area contributed by atoms with Crippen LogP contribution in [0.5, 0.6) is 0 Å². The molecular weight excluding hydrogens is 178 g/mol. The van der Waals surface area contributed by atoms with Gasteiger partial charge in [0.15, 0.2) is 0 Å². The summed E-state index contributed by atoms with van der Waals surface area (Å²) in [6.45, 7) is 4.15. The Balaban J connectivity index is 2.35. The highest BCUT2D eigenvalue weighted by Crippen LogP contribution is 2.62. The topological polar surface area (TPSA) is 49.3 Å². The van der Waals surface area contributed by atoms with E-state index in [9.17, 15) is 9.90 Å². The summed E-state index contributed by atoms with van der Waals surface area (Å²) in [5, 5.41) is 12.9. The van der Waals surface area contributed by atoms with E-state index in [1.807, 2.05) is 0 Å². The van der Waals surface area contributed by atoms with Crippen molar-refractivity contribution in [2.24, 2.45) is 16.7 Å². The number of carbonyl (C=O) groups excluding carboxylic acids is 1. The molecule has 2 fully saturated rings. The summed E-state index contributed by atoms with van der Waals surface area (Å²) in [4.78, 5) is 11.8. The highest BCUT2D eigenvalue weighted by Gasteiger charge is 2.64. The highest BCUT2D eigenvalue weighted by molar-refractivity contribution is 5.84. The molecule has 2 aliphatic rings. The largest absolute Gasteiger partial charge is 0.391 e. The molecule has 1 amide bonds. The highest BCUT2D eigenvalue weighted by atomic mass is 16.3. The van der Waals surface area contributed by atoms with Crippen LogP contribution < -0.4 is 5.32 Å². The number of nitrogens with one attached hydrogen (secondary N) is 1. The van der Waals surface area contributed by atoms with Crippen LogP contribution in [0.25, 0.3) is 0 Å². The van der Waals surface area contributed by atoms with E-state index in [0.29, 0.717) is 5.92 Å². The zero-order valence-corrected chi connectivity index (χ0v) is 9.13. The number of aliphatic hydroxyl groups excluding tert-OH is 1. The van der Waals surface area contributed by atoms with Crippen molar-refractivity contribution in [2.75, 3.05) is 7.05 Å². The minimum atomic E-state index is -0.483. The number of carbonyl (C=O) groups is 1. The van der Waals surface area contributed by atoms with Gasteiger partial charge in [0.05, 0.1) is 11.5 Å². The van der Waals surface area contributed by atoms with Crippen LogP contribution in [-0.4, -0.2) is 24.2 Å². The predicted molar refractivity (Wildman–Crippen MR) is 53.6 cm³/mol. The van der Waals surface area contributed by atoms with Gasteiger partial charge in [-0.05, 0) is 30.6 Å². The monoisotopic (exact) mass is 197 g/mol. The Morgan fingerprint density at radius 2 is 2.14 bits per heavy atom. The van der Waals surface area contributed by atoms with Gasteiger partial charge in [-0.3, -0.25) is 4.79 Å². The number of fused-ring (bicyclic) bond motifs is 2. The van der Waals surface area contributed by atoms with Crippen LogP contribution in [0.15, 0.2) is 0 Å². The standard InChI is InChI=1S/C11H19NO2/c1-10(2)7-4-5-11(6-7,8(10)13)9(14)12-3/h7-8,13H,4-6H2,1-3H3,(H,12,14). The molecule has 3 nitrogen and oxygen atoms in total. The fraction of sp³-hybridized carbons (Fsp3) is 0.909. The van der Waals surface area contributed by atoms with Gasteiger partial charge in [0.25, 0.3) is 0 Å². The van der Waals surface area contributed by atoms with Gasteiger partial charge < -0.3 is 10.4 Å². The number of hydrogen-bond acceptors (Lipinski definition) is 2. The summed E-state index contributed by atoms with van der Waals surface area (Å²) in [7, 11) is 1.66. The number of amides is 1. The minimum Gasteiger partial charge on any atom is -0.391 e. The third-order valence-electron chi connectivity index (χ3n) is 4.51. The maximum atomic E-state index is 11.8. The molecule has 0 aromatic rings. The van der Waals surface area contributed by atoms with Gasteiger partial charge in [-0.1, -0.05) is 13.8 Å². The SMILES string of the molecule is CNC(=O)C12CCC(C1)C(C)(C)C2O. The summed E-state index contributed by atoms with van der Waals surface area (Å²) >= 11 is 0. The molecule has 0 spiro atoms.